The zero-order chi connectivity index (χ0) is 17.9. The minimum Gasteiger partial charge on any atom is -0.497 e. The Morgan fingerprint density at radius 2 is 1.79 bits per heavy atom. The van der Waals surface area contributed by atoms with Crippen molar-refractivity contribution in [3.05, 3.63) is 59.2 Å². The van der Waals surface area contributed by atoms with Crippen LogP contribution >= 0.6 is 0 Å². The molecule has 7 heteroatoms. The summed E-state index contributed by atoms with van der Waals surface area (Å²) in [5.41, 5.74) is 1.82. The first kappa shape index (κ1) is 18.0. The van der Waals surface area contributed by atoms with Crippen molar-refractivity contribution < 1.29 is 17.9 Å². The van der Waals surface area contributed by atoms with Crippen LogP contribution in [0.1, 0.15) is 21.5 Å². The summed E-state index contributed by atoms with van der Waals surface area (Å²) < 4.78 is 28.0. The smallest absolute Gasteiger partial charge is 0.253 e. The van der Waals surface area contributed by atoms with E-state index in [1.54, 1.807) is 26.0 Å². The zero-order valence-corrected chi connectivity index (χ0v) is 14.6. The molecule has 2 aromatic rings. The van der Waals surface area contributed by atoms with Gasteiger partial charge in [-0.05, 0) is 48.4 Å². The normalized spacial score (nSPS) is 11.2. The lowest BCUT2D eigenvalue weighted by molar-refractivity contribution is 0.0785. The van der Waals surface area contributed by atoms with E-state index in [1.165, 1.54) is 18.2 Å². The van der Waals surface area contributed by atoms with Gasteiger partial charge in [0.2, 0.25) is 10.0 Å². The third-order valence-electron chi connectivity index (χ3n) is 3.65. The lowest BCUT2D eigenvalue weighted by atomic mass is 10.1. The SMILES string of the molecule is COc1ccc(CN(C)C(=O)c2ccc(S(N)(=O)=O)c(C)c2)cc1. The average Bonchev–Trinajstić information content (AvgIpc) is 2.53. The van der Waals surface area contributed by atoms with E-state index in [2.05, 4.69) is 0 Å². The maximum Gasteiger partial charge on any atom is 0.253 e. The van der Waals surface area contributed by atoms with Crippen LogP contribution in [-0.4, -0.2) is 33.4 Å². The first-order valence-electron chi connectivity index (χ1n) is 7.24. The van der Waals surface area contributed by atoms with Crippen LogP contribution < -0.4 is 9.88 Å². The third-order valence-corrected chi connectivity index (χ3v) is 4.73. The molecule has 0 spiro atoms. The number of ether oxygens (including phenoxy) is 1. The predicted octanol–water partition coefficient (Wildman–Crippen LogP) is 1.92. The van der Waals surface area contributed by atoms with Gasteiger partial charge in [0.15, 0.2) is 0 Å². The van der Waals surface area contributed by atoms with Crippen molar-refractivity contribution >= 4 is 15.9 Å². The van der Waals surface area contributed by atoms with Gasteiger partial charge in [0.05, 0.1) is 12.0 Å². The molecule has 0 fully saturated rings. The van der Waals surface area contributed by atoms with Crippen molar-refractivity contribution in [1.29, 1.82) is 0 Å². The molecule has 2 N–H and O–H groups in total. The molecule has 0 saturated heterocycles. The minimum absolute atomic E-state index is 0.0249. The van der Waals surface area contributed by atoms with Crippen molar-refractivity contribution in [3.8, 4) is 5.75 Å². The van der Waals surface area contributed by atoms with Gasteiger partial charge in [-0.3, -0.25) is 4.79 Å². The van der Waals surface area contributed by atoms with E-state index in [0.717, 1.165) is 11.3 Å². The fraction of sp³-hybridized carbons (Fsp3) is 0.235. The quantitative estimate of drug-likeness (QED) is 0.894. The van der Waals surface area contributed by atoms with Crippen LogP contribution in [0.2, 0.25) is 0 Å². The summed E-state index contributed by atoms with van der Waals surface area (Å²) in [5, 5.41) is 5.14. The number of hydrogen-bond acceptors (Lipinski definition) is 4. The Morgan fingerprint density at radius 3 is 2.29 bits per heavy atom. The molecule has 1 amide bonds. The molecule has 128 valence electrons. The highest BCUT2D eigenvalue weighted by atomic mass is 32.2. The molecule has 2 aromatic carbocycles. The van der Waals surface area contributed by atoms with Gasteiger partial charge in [-0.15, -0.1) is 0 Å². The average molecular weight is 348 g/mol. The Hall–Kier alpha value is -2.38. The molecular formula is C17H20N2O4S. The second kappa shape index (κ2) is 7.02. The number of aryl methyl sites for hydroxylation is 1. The molecule has 0 aromatic heterocycles. The van der Waals surface area contributed by atoms with E-state index in [0.29, 0.717) is 17.7 Å². The molecular weight excluding hydrogens is 328 g/mol. The fourth-order valence-electron chi connectivity index (χ4n) is 2.40. The van der Waals surface area contributed by atoms with Crippen molar-refractivity contribution in [1.82, 2.24) is 4.90 Å². The number of nitrogens with two attached hydrogens (primary N) is 1. The number of rotatable bonds is 5. The van der Waals surface area contributed by atoms with E-state index in [9.17, 15) is 13.2 Å². The van der Waals surface area contributed by atoms with Gasteiger partial charge in [0.1, 0.15) is 5.75 Å². The first-order chi connectivity index (χ1) is 11.2. The highest BCUT2D eigenvalue weighted by Crippen LogP contribution is 2.18. The van der Waals surface area contributed by atoms with Gasteiger partial charge in [-0.25, -0.2) is 13.6 Å². The number of methoxy groups -OCH3 is 1. The topological polar surface area (TPSA) is 89.7 Å². The summed E-state index contributed by atoms with van der Waals surface area (Å²) in [4.78, 5) is 14.1. The monoisotopic (exact) mass is 348 g/mol. The molecule has 0 unspecified atom stereocenters. The van der Waals surface area contributed by atoms with Crippen molar-refractivity contribution in [2.75, 3.05) is 14.2 Å². The van der Waals surface area contributed by atoms with Crippen molar-refractivity contribution in [3.63, 3.8) is 0 Å². The molecule has 0 atom stereocenters. The van der Waals surface area contributed by atoms with Gasteiger partial charge in [0.25, 0.3) is 5.91 Å². The second-order valence-electron chi connectivity index (χ2n) is 5.53. The van der Waals surface area contributed by atoms with Gasteiger partial charge in [0, 0.05) is 19.2 Å². The van der Waals surface area contributed by atoms with Crippen LogP contribution in [0, 0.1) is 6.92 Å². The highest BCUT2D eigenvalue weighted by Gasteiger charge is 2.16. The summed E-state index contributed by atoms with van der Waals surface area (Å²) in [6.45, 7) is 2.04. The van der Waals surface area contributed by atoms with Crippen LogP contribution in [0.3, 0.4) is 0 Å². The molecule has 0 radical (unpaired) electrons. The summed E-state index contributed by atoms with van der Waals surface area (Å²) in [6.07, 6.45) is 0. The Balaban J connectivity index is 2.16. The minimum atomic E-state index is -3.79. The Kier molecular flexibility index (Phi) is 5.26. The summed E-state index contributed by atoms with van der Waals surface area (Å²) in [7, 11) is -0.503. The van der Waals surface area contributed by atoms with Crippen LogP contribution in [0.5, 0.6) is 5.75 Å². The van der Waals surface area contributed by atoms with Gasteiger partial charge in [-0.2, -0.15) is 0 Å². The summed E-state index contributed by atoms with van der Waals surface area (Å²) >= 11 is 0. The number of sulfonamides is 1. The molecule has 24 heavy (non-hydrogen) atoms. The number of amides is 1. The van der Waals surface area contributed by atoms with E-state index < -0.39 is 10.0 Å². The lowest BCUT2D eigenvalue weighted by Crippen LogP contribution is -2.26. The number of nitrogens with zero attached hydrogens (tertiary/aromatic N) is 1. The molecule has 0 aliphatic carbocycles. The Labute approximate surface area is 141 Å². The van der Waals surface area contributed by atoms with E-state index in [4.69, 9.17) is 9.88 Å². The predicted molar refractivity (Wildman–Crippen MR) is 91.3 cm³/mol. The number of carbonyl (C=O) groups is 1. The van der Waals surface area contributed by atoms with Crippen molar-refractivity contribution in [2.45, 2.75) is 18.4 Å². The van der Waals surface area contributed by atoms with Crippen LogP contribution in [0.4, 0.5) is 0 Å². The summed E-state index contributed by atoms with van der Waals surface area (Å²) in [5.74, 6) is 0.553. The lowest BCUT2D eigenvalue weighted by Gasteiger charge is -2.18. The zero-order valence-electron chi connectivity index (χ0n) is 13.8. The molecule has 0 aliphatic rings. The van der Waals surface area contributed by atoms with Crippen LogP contribution in [0.25, 0.3) is 0 Å². The molecule has 0 aliphatic heterocycles. The third kappa shape index (κ3) is 4.12. The molecule has 0 saturated carbocycles. The molecule has 0 heterocycles. The molecule has 2 rings (SSSR count). The number of primary sulfonamides is 1. The number of benzene rings is 2. The largest absolute Gasteiger partial charge is 0.497 e. The van der Waals surface area contributed by atoms with Gasteiger partial charge in [-0.1, -0.05) is 12.1 Å². The molecule has 0 bridgehead atoms. The van der Waals surface area contributed by atoms with E-state index in [1.807, 2.05) is 24.3 Å². The Bertz CT molecular complexity index is 845. The van der Waals surface area contributed by atoms with Crippen molar-refractivity contribution in [2.24, 2.45) is 5.14 Å². The highest BCUT2D eigenvalue weighted by molar-refractivity contribution is 7.89. The maximum absolute atomic E-state index is 12.5. The number of carbonyl (C=O) groups excluding carboxylic acids is 1. The second-order valence-corrected chi connectivity index (χ2v) is 7.06. The Morgan fingerprint density at radius 1 is 1.17 bits per heavy atom. The maximum atomic E-state index is 12.5. The van der Waals surface area contributed by atoms with Gasteiger partial charge < -0.3 is 9.64 Å². The van der Waals surface area contributed by atoms with Crippen LogP contribution in [-0.2, 0) is 16.6 Å². The van der Waals surface area contributed by atoms with Gasteiger partial charge >= 0.3 is 0 Å². The van der Waals surface area contributed by atoms with E-state index >= 15 is 0 Å². The number of hydrogen-bond donors (Lipinski definition) is 1. The fourth-order valence-corrected chi connectivity index (χ4v) is 3.16. The standard InChI is InChI=1S/C17H20N2O4S/c1-12-10-14(6-9-16(12)24(18,21)22)17(20)19(2)11-13-4-7-15(23-3)8-5-13/h4-10H,11H2,1-3H3,(H2,18,21,22). The molecule has 6 nitrogen and oxygen atoms in total. The van der Waals surface area contributed by atoms with E-state index in [-0.39, 0.29) is 10.8 Å². The van der Waals surface area contributed by atoms with Crippen LogP contribution in [0.15, 0.2) is 47.4 Å². The summed E-state index contributed by atoms with van der Waals surface area (Å²) in [6, 6.07) is 11.8. The first-order valence-corrected chi connectivity index (χ1v) is 8.79.